The summed E-state index contributed by atoms with van der Waals surface area (Å²) in [4.78, 5) is 16.1. The second-order valence-electron chi connectivity index (χ2n) is 3.96. The van der Waals surface area contributed by atoms with E-state index in [0.29, 0.717) is 24.3 Å². The van der Waals surface area contributed by atoms with E-state index in [0.717, 1.165) is 0 Å². The monoisotopic (exact) mass is 261 g/mol. The van der Waals surface area contributed by atoms with E-state index in [9.17, 15) is 4.79 Å². The van der Waals surface area contributed by atoms with E-state index in [1.165, 1.54) is 0 Å². The molecule has 0 bridgehead atoms. The van der Waals surface area contributed by atoms with Gasteiger partial charge >= 0.3 is 0 Å². The first-order valence-electron chi connectivity index (χ1n) is 6.20. The summed E-state index contributed by atoms with van der Waals surface area (Å²) in [5, 5.41) is 2.86. The molecular formula is C14H19N3O2. The summed E-state index contributed by atoms with van der Waals surface area (Å²) >= 11 is 0. The topological polar surface area (TPSA) is 77.2 Å². The smallest absolute Gasteiger partial charge is 0.252 e. The number of hydrogen-bond donors (Lipinski definition) is 2. The van der Waals surface area contributed by atoms with Crippen LogP contribution in [0.2, 0.25) is 0 Å². The van der Waals surface area contributed by atoms with Crippen molar-refractivity contribution < 1.29 is 9.53 Å². The summed E-state index contributed by atoms with van der Waals surface area (Å²) in [7, 11) is 0. The molecule has 0 aromatic carbocycles. The zero-order valence-electron chi connectivity index (χ0n) is 11.3. The molecule has 0 spiro atoms. The maximum absolute atomic E-state index is 12.1. The van der Waals surface area contributed by atoms with Gasteiger partial charge in [0.05, 0.1) is 24.3 Å². The molecule has 1 amide bonds. The van der Waals surface area contributed by atoms with Gasteiger partial charge in [0, 0.05) is 25.0 Å². The lowest BCUT2D eigenvalue weighted by molar-refractivity contribution is 0.0871. The molecule has 0 fully saturated rings. The van der Waals surface area contributed by atoms with Gasteiger partial charge in [-0.3, -0.25) is 9.78 Å². The highest BCUT2D eigenvalue weighted by atomic mass is 16.5. The van der Waals surface area contributed by atoms with Crippen LogP contribution in [0.1, 0.15) is 29.8 Å². The number of nitrogens with zero attached hydrogens (tertiary/aromatic N) is 1. The molecule has 0 saturated carbocycles. The first-order valence-corrected chi connectivity index (χ1v) is 6.20. The van der Waals surface area contributed by atoms with Crippen molar-refractivity contribution in [2.45, 2.75) is 19.9 Å². The number of nitrogens with one attached hydrogen (secondary N) is 1. The van der Waals surface area contributed by atoms with Crippen LogP contribution in [-0.2, 0) is 4.74 Å². The van der Waals surface area contributed by atoms with Crippen LogP contribution in [0.4, 0.5) is 0 Å². The molecule has 102 valence electrons. The molecule has 1 rings (SSSR count). The molecule has 1 heterocycles. The zero-order valence-corrected chi connectivity index (χ0v) is 11.3. The molecule has 1 aromatic heterocycles. The lowest BCUT2D eigenvalue weighted by atomic mass is 10.1. The number of rotatable bonds is 5. The Labute approximate surface area is 113 Å². The number of aromatic nitrogens is 1. The van der Waals surface area contributed by atoms with E-state index >= 15 is 0 Å². The molecule has 5 heteroatoms. The Morgan fingerprint density at radius 1 is 1.63 bits per heavy atom. The quantitative estimate of drug-likeness (QED) is 0.759. The van der Waals surface area contributed by atoms with Crippen molar-refractivity contribution in [2.75, 3.05) is 19.8 Å². The van der Waals surface area contributed by atoms with Crippen LogP contribution in [-0.4, -0.2) is 36.7 Å². The van der Waals surface area contributed by atoms with Gasteiger partial charge in [-0.1, -0.05) is 11.8 Å². The van der Waals surface area contributed by atoms with Gasteiger partial charge in [0.15, 0.2) is 0 Å². The van der Waals surface area contributed by atoms with Gasteiger partial charge in [0.2, 0.25) is 0 Å². The molecule has 1 atom stereocenters. The Hall–Kier alpha value is -1.90. The standard InChI is InChI=1S/C14H19N3O2/c1-3-19-10-11(2)17-14(18)13-6-8-16-9-12(13)5-4-7-15/h6,8-9,11H,3,7,10,15H2,1-2H3,(H,17,18). The number of pyridine rings is 1. The van der Waals surface area contributed by atoms with Crippen molar-refractivity contribution in [1.29, 1.82) is 0 Å². The molecule has 0 aliphatic rings. The summed E-state index contributed by atoms with van der Waals surface area (Å²) in [6, 6.07) is 1.58. The molecule has 0 saturated heterocycles. The third-order valence-corrected chi connectivity index (χ3v) is 2.34. The van der Waals surface area contributed by atoms with Gasteiger partial charge < -0.3 is 15.8 Å². The van der Waals surface area contributed by atoms with E-state index in [2.05, 4.69) is 22.1 Å². The van der Waals surface area contributed by atoms with Crippen molar-refractivity contribution in [1.82, 2.24) is 10.3 Å². The Morgan fingerprint density at radius 2 is 2.42 bits per heavy atom. The predicted molar refractivity (Wildman–Crippen MR) is 73.6 cm³/mol. The fourth-order valence-corrected chi connectivity index (χ4v) is 1.48. The van der Waals surface area contributed by atoms with Crippen molar-refractivity contribution in [3.8, 4) is 11.8 Å². The third-order valence-electron chi connectivity index (χ3n) is 2.34. The summed E-state index contributed by atoms with van der Waals surface area (Å²) in [6.07, 6.45) is 3.13. The minimum Gasteiger partial charge on any atom is -0.380 e. The SMILES string of the molecule is CCOCC(C)NC(=O)c1ccncc1C#CCN. The van der Waals surface area contributed by atoms with Crippen LogP contribution >= 0.6 is 0 Å². The van der Waals surface area contributed by atoms with Crippen molar-refractivity contribution in [2.24, 2.45) is 5.73 Å². The van der Waals surface area contributed by atoms with Gasteiger partial charge in [-0.15, -0.1) is 0 Å². The number of hydrogen-bond acceptors (Lipinski definition) is 4. The Balaban J connectivity index is 2.76. The van der Waals surface area contributed by atoms with Gasteiger partial charge in [0.25, 0.3) is 5.91 Å². The molecule has 3 N–H and O–H groups in total. The highest BCUT2D eigenvalue weighted by molar-refractivity contribution is 5.96. The molecule has 19 heavy (non-hydrogen) atoms. The van der Waals surface area contributed by atoms with E-state index in [4.69, 9.17) is 10.5 Å². The van der Waals surface area contributed by atoms with Crippen molar-refractivity contribution in [3.05, 3.63) is 29.6 Å². The molecule has 0 aliphatic heterocycles. The third kappa shape index (κ3) is 5.08. The largest absolute Gasteiger partial charge is 0.380 e. The number of amides is 1. The summed E-state index contributed by atoms with van der Waals surface area (Å²) in [5.41, 5.74) is 6.40. The molecule has 1 unspecified atom stereocenters. The number of carbonyl (C=O) groups is 1. The maximum Gasteiger partial charge on any atom is 0.252 e. The van der Waals surface area contributed by atoms with Crippen molar-refractivity contribution >= 4 is 5.91 Å². The van der Waals surface area contributed by atoms with Crippen LogP contribution in [0.15, 0.2) is 18.5 Å². The predicted octanol–water partition coefficient (Wildman–Crippen LogP) is 0.547. The fraction of sp³-hybridized carbons (Fsp3) is 0.429. The first kappa shape index (κ1) is 15.2. The highest BCUT2D eigenvalue weighted by Gasteiger charge is 2.12. The lowest BCUT2D eigenvalue weighted by Gasteiger charge is -2.14. The van der Waals surface area contributed by atoms with Crippen LogP contribution < -0.4 is 11.1 Å². The minimum atomic E-state index is -0.184. The molecule has 0 radical (unpaired) electrons. The number of ether oxygens (including phenoxy) is 1. The average Bonchev–Trinajstić information content (AvgIpc) is 2.43. The average molecular weight is 261 g/mol. The molecule has 1 aromatic rings. The molecular weight excluding hydrogens is 242 g/mol. The van der Waals surface area contributed by atoms with E-state index in [1.54, 1.807) is 18.5 Å². The second kappa shape index (κ2) is 8.25. The molecule has 0 aliphatic carbocycles. The van der Waals surface area contributed by atoms with Crippen LogP contribution in [0.25, 0.3) is 0 Å². The van der Waals surface area contributed by atoms with Crippen LogP contribution in [0.3, 0.4) is 0 Å². The fourth-order valence-electron chi connectivity index (χ4n) is 1.48. The van der Waals surface area contributed by atoms with E-state index < -0.39 is 0 Å². The van der Waals surface area contributed by atoms with Gasteiger partial charge in [-0.25, -0.2) is 0 Å². The van der Waals surface area contributed by atoms with Gasteiger partial charge in [0.1, 0.15) is 0 Å². The summed E-state index contributed by atoms with van der Waals surface area (Å²) < 4.78 is 5.26. The normalized spacial score (nSPS) is 11.3. The van der Waals surface area contributed by atoms with Crippen LogP contribution in [0.5, 0.6) is 0 Å². The Morgan fingerprint density at radius 3 is 3.11 bits per heavy atom. The summed E-state index contributed by atoms with van der Waals surface area (Å²) in [5.74, 6) is 5.38. The van der Waals surface area contributed by atoms with Gasteiger partial charge in [-0.05, 0) is 19.9 Å². The lowest BCUT2D eigenvalue weighted by Crippen LogP contribution is -2.36. The van der Waals surface area contributed by atoms with Gasteiger partial charge in [-0.2, -0.15) is 0 Å². The number of carbonyl (C=O) groups excluding carboxylic acids is 1. The van der Waals surface area contributed by atoms with E-state index in [1.807, 2.05) is 13.8 Å². The Bertz CT molecular complexity index is 477. The molecule has 5 nitrogen and oxygen atoms in total. The minimum absolute atomic E-state index is 0.0593. The maximum atomic E-state index is 12.1. The number of nitrogens with two attached hydrogens (primary N) is 1. The zero-order chi connectivity index (χ0) is 14.1. The Kier molecular flexibility index (Phi) is 6.58. The van der Waals surface area contributed by atoms with Crippen molar-refractivity contribution in [3.63, 3.8) is 0 Å². The highest BCUT2D eigenvalue weighted by Crippen LogP contribution is 2.05. The first-order chi connectivity index (χ1) is 9.19. The summed E-state index contributed by atoms with van der Waals surface area (Å²) in [6.45, 7) is 5.16. The van der Waals surface area contributed by atoms with Crippen LogP contribution in [0, 0.1) is 11.8 Å². The van der Waals surface area contributed by atoms with E-state index in [-0.39, 0.29) is 18.5 Å². The second-order valence-corrected chi connectivity index (χ2v) is 3.96.